The molecule has 7 nitrogen and oxygen atoms in total. The van der Waals surface area contributed by atoms with Gasteiger partial charge in [0.1, 0.15) is 0 Å². The summed E-state index contributed by atoms with van der Waals surface area (Å²) in [6, 6.07) is 10.5. The Morgan fingerprint density at radius 1 is 1.03 bits per heavy atom. The molecule has 0 unspecified atom stereocenters. The summed E-state index contributed by atoms with van der Waals surface area (Å²) in [6.07, 6.45) is -1.46. The first kappa shape index (κ1) is 27.8. The third kappa shape index (κ3) is 5.93. The molecular formula is C28H26F3N3O4S. The molecule has 0 bridgehead atoms. The summed E-state index contributed by atoms with van der Waals surface area (Å²) in [5, 5.41) is 4.91. The lowest BCUT2D eigenvalue weighted by Crippen LogP contribution is -2.07. The molecule has 0 aliphatic carbocycles. The quantitative estimate of drug-likeness (QED) is 0.238. The third-order valence-corrected chi connectivity index (χ3v) is 6.75. The molecule has 0 fully saturated rings. The van der Waals surface area contributed by atoms with E-state index in [0.29, 0.717) is 39.3 Å². The molecule has 39 heavy (non-hydrogen) atoms. The van der Waals surface area contributed by atoms with E-state index >= 15 is 0 Å². The minimum absolute atomic E-state index is 0.383. The number of rotatable bonds is 8. The van der Waals surface area contributed by atoms with E-state index in [9.17, 15) is 18.0 Å². The number of hydrogen-bond acceptors (Lipinski definition) is 6. The number of nitrogens with one attached hydrogen (secondary N) is 1. The molecule has 0 radical (unpaired) electrons. The van der Waals surface area contributed by atoms with Gasteiger partial charge in [-0.1, -0.05) is 6.07 Å². The number of methoxy groups -OCH3 is 3. The molecule has 204 valence electrons. The zero-order valence-corrected chi connectivity index (χ0v) is 22.7. The summed E-state index contributed by atoms with van der Waals surface area (Å²) in [5.41, 5.74) is 3.22. The van der Waals surface area contributed by atoms with Crippen LogP contribution in [0.4, 0.5) is 18.3 Å². The van der Waals surface area contributed by atoms with Crippen LogP contribution in [0.1, 0.15) is 22.5 Å². The normalized spacial score (nSPS) is 11.6. The summed E-state index contributed by atoms with van der Waals surface area (Å²) >= 11 is 1.25. The number of hydrogen-bond donors (Lipinski definition) is 1. The predicted molar refractivity (Wildman–Crippen MR) is 145 cm³/mol. The molecule has 2 aromatic carbocycles. The number of aromatic nitrogens is 2. The Balaban J connectivity index is 1.53. The molecule has 0 saturated heterocycles. The fourth-order valence-electron chi connectivity index (χ4n) is 4.21. The summed E-state index contributed by atoms with van der Waals surface area (Å²) in [6.45, 7) is 3.64. The molecule has 4 aromatic rings. The number of nitrogens with zero attached hydrogens (tertiary/aromatic N) is 2. The highest BCUT2D eigenvalue weighted by Gasteiger charge is 2.30. The lowest BCUT2D eigenvalue weighted by Gasteiger charge is -2.13. The van der Waals surface area contributed by atoms with Gasteiger partial charge in [-0.2, -0.15) is 13.2 Å². The fourth-order valence-corrected chi connectivity index (χ4v) is 4.93. The van der Waals surface area contributed by atoms with Crippen LogP contribution in [0.15, 0.2) is 53.9 Å². The molecule has 0 spiro atoms. The Hall–Kier alpha value is -4.25. The van der Waals surface area contributed by atoms with Crippen LogP contribution in [-0.2, 0) is 11.0 Å². The van der Waals surface area contributed by atoms with E-state index in [4.69, 9.17) is 14.2 Å². The smallest absolute Gasteiger partial charge is 0.416 e. The first-order valence-corrected chi connectivity index (χ1v) is 12.5. The minimum Gasteiger partial charge on any atom is -0.493 e. The number of ether oxygens (including phenoxy) is 3. The molecule has 1 N–H and O–H groups in total. The van der Waals surface area contributed by atoms with Gasteiger partial charge >= 0.3 is 6.18 Å². The molecule has 2 heterocycles. The maximum Gasteiger partial charge on any atom is 0.416 e. The van der Waals surface area contributed by atoms with Gasteiger partial charge < -0.3 is 18.8 Å². The first-order chi connectivity index (χ1) is 18.5. The number of alkyl halides is 3. The van der Waals surface area contributed by atoms with Crippen molar-refractivity contribution < 1.29 is 32.2 Å². The summed E-state index contributed by atoms with van der Waals surface area (Å²) in [7, 11) is 4.53. The maximum atomic E-state index is 13.2. The second-order valence-electron chi connectivity index (χ2n) is 8.49. The van der Waals surface area contributed by atoms with E-state index < -0.39 is 11.7 Å². The zero-order chi connectivity index (χ0) is 28.3. The molecule has 1 amide bonds. The van der Waals surface area contributed by atoms with Crippen LogP contribution >= 0.6 is 11.3 Å². The first-order valence-electron chi connectivity index (χ1n) is 11.7. The topological polar surface area (TPSA) is 74.6 Å². The highest BCUT2D eigenvalue weighted by molar-refractivity contribution is 7.14. The standard InChI is InChI=1S/C28H26F3N3O4S/c1-16-11-21(17(2)34(16)20-8-6-7-19(14-20)28(29,30)31)22-15-39-27(32-22)33-25(35)10-9-18-12-23(36-3)26(38-5)24(13-18)37-4/h6-15H,1-5H3,(H,32,33,35). The Morgan fingerprint density at radius 2 is 1.72 bits per heavy atom. The monoisotopic (exact) mass is 557 g/mol. The lowest BCUT2D eigenvalue weighted by atomic mass is 10.1. The van der Waals surface area contributed by atoms with E-state index in [1.54, 1.807) is 34.2 Å². The molecule has 0 aliphatic rings. The van der Waals surface area contributed by atoms with Crippen LogP contribution in [0, 0.1) is 13.8 Å². The van der Waals surface area contributed by atoms with Crippen molar-refractivity contribution in [2.45, 2.75) is 20.0 Å². The zero-order valence-electron chi connectivity index (χ0n) is 21.8. The lowest BCUT2D eigenvalue weighted by molar-refractivity contribution is -0.137. The van der Waals surface area contributed by atoms with E-state index in [1.807, 2.05) is 19.9 Å². The van der Waals surface area contributed by atoms with Gasteiger partial charge in [0.05, 0.1) is 32.6 Å². The Kier molecular flexibility index (Phi) is 8.01. The van der Waals surface area contributed by atoms with Gasteiger partial charge in [-0.15, -0.1) is 11.3 Å². The van der Waals surface area contributed by atoms with Crippen LogP contribution in [-0.4, -0.2) is 36.8 Å². The van der Waals surface area contributed by atoms with E-state index in [-0.39, 0.29) is 5.91 Å². The number of thiazole rings is 1. The summed E-state index contributed by atoms with van der Waals surface area (Å²) in [5.74, 6) is 0.983. The average Bonchev–Trinajstić information content (AvgIpc) is 3.49. The van der Waals surface area contributed by atoms with E-state index in [2.05, 4.69) is 10.3 Å². The number of halogens is 3. The average molecular weight is 558 g/mol. The molecule has 11 heteroatoms. The Labute approximate surface area is 227 Å². The van der Waals surface area contributed by atoms with Crippen LogP contribution < -0.4 is 19.5 Å². The Morgan fingerprint density at radius 3 is 2.33 bits per heavy atom. The molecular weight excluding hydrogens is 531 g/mol. The SMILES string of the molecule is COc1cc(C=CC(=O)Nc2nc(-c3cc(C)n(-c4cccc(C(F)(F)F)c4)c3C)cs2)cc(OC)c1OC. The van der Waals surface area contributed by atoms with Crippen LogP contribution in [0.5, 0.6) is 17.2 Å². The van der Waals surface area contributed by atoms with E-state index in [0.717, 1.165) is 29.1 Å². The fraction of sp³-hybridized carbons (Fsp3) is 0.214. The maximum absolute atomic E-state index is 13.2. The van der Waals surface area contributed by atoms with Crippen molar-refractivity contribution in [3.63, 3.8) is 0 Å². The van der Waals surface area contributed by atoms with Gasteiger partial charge in [-0.25, -0.2) is 4.98 Å². The van der Waals surface area contributed by atoms with Gasteiger partial charge in [0.15, 0.2) is 16.6 Å². The van der Waals surface area contributed by atoms with Crippen molar-refractivity contribution in [3.8, 4) is 34.2 Å². The predicted octanol–water partition coefficient (Wildman–Crippen LogP) is 6.91. The largest absolute Gasteiger partial charge is 0.493 e. The van der Waals surface area contributed by atoms with Crippen LogP contribution in [0.25, 0.3) is 23.0 Å². The van der Waals surface area contributed by atoms with Crippen molar-refractivity contribution in [1.82, 2.24) is 9.55 Å². The second-order valence-corrected chi connectivity index (χ2v) is 9.35. The van der Waals surface area contributed by atoms with Crippen LogP contribution in [0.3, 0.4) is 0 Å². The number of carbonyl (C=O) groups is 1. The highest BCUT2D eigenvalue weighted by atomic mass is 32.1. The molecule has 0 aliphatic heterocycles. The molecule has 4 rings (SSSR count). The Bertz CT molecular complexity index is 1510. The van der Waals surface area contributed by atoms with Crippen molar-refractivity contribution >= 4 is 28.5 Å². The van der Waals surface area contributed by atoms with Gasteiger partial charge in [-0.05, 0) is 61.9 Å². The van der Waals surface area contributed by atoms with Crippen molar-refractivity contribution in [1.29, 1.82) is 0 Å². The van der Waals surface area contributed by atoms with E-state index in [1.165, 1.54) is 44.8 Å². The van der Waals surface area contributed by atoms with Gasteiger partial charge in [-0.3, -0.25) is 10.1 Å². The number of aryl methyl sites for hydroxylation is 1. The third-order valence-electron chi connectivity index (χ3n) is 5.99. The number of carbonyl (C=O) groups excluding carboxylic acids is 1. The van der Waals surface area contributed by atoms with Gasteiger partial charge in [0.25, 0.3) is 0 Å². The summed E-state index contributed by atoms with van der Waals surface area (Å²) < 4.78 is 57.5. The second kappa shape index (κ2) is 11.2. The van der Waals surface area contributed by atoms with Gasteiger partial charge in [0.2, 0.25) is 11.7 Å². The number of amides is 1. The number of anilines is 1. The molecule has 0 atom stereocenters. The van der Waals surface area contributed by atoms with Crippen molar-refractivity contribution in [2.24, 2.45) is 0 Å². The van der Waals surface area contributed by atoms with Crippen molar-refractivity contribution in [3.05, 3.63) is 76.4 Å². The summed E-state index contributed by atoms with van der Waals surface area (Å²) in [4.78, 5) is 17.1. The van der Waals surface area contributed by atoms with Gasteiger partial charge in [0, 0.05) is 34.1 Å². The van der Waals surface area contributed by atoms with Crippen LogP contribution in [0.2, 0.25) is 0 Å². The van der Waals surface area contributed by atoms with Crippen molar-refractivity contribution in [2.75, 3.05) is 26.6 Å². The minimum atomic E-state index is -4.43. The number of benzene rings is 2. The highest BCUT2D eigenvalue weighted by Crippen LogP contribution is 2.39. The molecule has 2 aromatic heterocycles. The molecule has 0 saturated carbocycles.